The monoisotopic (exact) mass is 1210 g/mol. The molecule has 0 bridgehead atoms. The summed E-state index contributed by atoms with van der Waals surface area (Å²) in [6, 6.07) is 60.8. The fourth-order valence-corrected chi connectivity index (χ4v) is 11.9. The summed E-state index contributed by atoms with van der Waals surface area (Å²) in [6.45, 7) is 4.56. The van der Waals surface area contributed by atoms with E-state index in [0.29, 0.717) is 37.4 Å². The predicted octanol–water partition coefficient (Wildman–Crippen LogP) is 12.3. The second-order valence-electron chi connectivity index (χ2n) is 24.2. The van der Waals surface area contributed by atoms with Gasteiger partial charge in [-0.1, -0.05) is 133 Å². The van der Waals surface area contributed by atoms with Crippen molar-refractivity contribution in [2.24, 2.45) is 11.8 Å². The molecule has 11 rings (SSSR count). The first kappa shape index (κ1) is 66.3. The van der Waals surface area contributed by atoms with E-state index < -0.39 is 12.1 Å². The summed E-state index contributed by atoms with van der Waals surface area (Å²) in [6.07, 6.45) is 19.0. The Morgan fingerprint density at radius 2 is 1.00 bits per heavy atom. The van der Waals surface area contributed by atoms with Gasteiger partial charge in [0.05, 0.1) is 40.6 Å². The Morgan fingerprint density at radius 3 is 1.44 bits per heavy atom. The van der Waals surface area contributed by atoms with Crippen LogP contribution in [0.5, 0.6) is 0 Å². The number of aliphatic hydroxyl groups excluding tert-OH is 1. The number of likely N-dealkylation sites (tertiary alicyclic amines) is 1. The Hall–Kier alpha value is -8.14. The van der Waals surface area contributed by atoms with Crippen LogP contribution >= 0.6 is 0 Å². The third-order valence-electron chi connectivity index (χ3n) is 17.0. The van der Waals surface area contributed by atoms with Crippen LogP contribution in [-0.2, 0) is 49.5 Å². The highest BCUT2D eigenvalue weighted by molar-refractivity contribution is 5.95. The zero-order valence-corrected chi connectivity index (χ0v) is 52.1. The largest absolute Gasteiger partial charge is 0.459 e. The summed E-state index contributed by atoms with van der Waals surface area (Å²) in [5.41, 5.74) is 8.08. The number of β-amino-alcohol motifs (C(OH)–C–C–N with tert-alkyl or cyclic N) is 1. The number of nitrogens with one attached hydrogen (secondary N) is 3. The molecule has 2 aromatic heterocycles. The van der Waals surface area contributed by atoms with Crippen LogP contribution in [-0.4, -0.2) is 121 Å². The number of rotatable bonds is 28. The smallest absolute Gasteiger partial charge is 0.338 e. The lowest BCUT2D eigenvalue weighted by molar-refractivity contribution is -0.128. The molecule has 4 atom stereocenters. The van der Waals surface area contributed by atoms with Gasteiger partial charge in [0.25, 0.3) is 0 Å². The van der Waals surface area contributed by atoms with E-state index >= 15 is 0 Å². The number of carbonyl (C=O) groups is 4. The number of pyridine rings is 2. The molecule has 3 aliphatic heterocycles. The molecular formula is C76H90N6O8. The molecule has 0 radical (unpaired) electrons. The van der Waals surface area contributed by atoms with Gasteiger partial charge in [-0.05, 0) is 187 Å². The van der Waals surface area contributed by atoms with E-state index in [1.54, 1.807) is 42.7 Å². The van der Waals surface area contributed by atoms with Crippen molar-refractivity contribution in [1.82, 2.24) is 30.8 Å². The van der Waals surface area contributed by atoms with Gasteiger partial charge >= 0.3 is 11.9 Å². The van der Waals surface area contributed by atoms with Crippen molar-refractivity contribution in [3.05, 3.63) is 228 Å². The maximum Gasteiger partial charge on any atom is 0.338 e. The fourth-order valence-electron chi connectivity index (χ4n) is 11.9. The van der Waals surface area contributed by atoms with Crippen LogP contribution in [0.3, 0.4) is 0 Å². The molecule has 472 valence electrons. The summed E-state index contributed by atoms with van der Waals surface area (Å²) < 4.78 is 15.5. The molecule has 6 aromatic carbocycles. The molecule has 0 spiro atoms. The Morgan fingerprint density at radius 1 is 0.556 bits per heavy atom. The van der Waals surface area contributed by atoms with Crippen molar-refractivity contribution in [1.29, 1.82) is 0 Å². The lowest BCUT2D eigenvalue weighted by Crippen LogP contribution is -2.48. The minimum atomic E-state index is -0.832. The lowest BCUT2D eigenvalue weighted by Gasteiger charge is -2.34. The van der Waals surface area contributed by atoms with Crippen LogP contribution < -0.4 is 16.0 Å². The fraction of sp³-hybridized carbons (Fsp3) is 0.395. The minimum Gasteiger partial charge on any atom is -0.459 e. The standard InChI is InChI=1S/C38H45N3O4.C25H34N2O.C13H11NO3/c42-35(28-45-38(44)32-21-22-36-31(25-32)17-9-23-39-36)27-41-24-10-18-33(26-41)37(43)40-34(19-7-15-29-11-3-1-4-12-29)20-8-16-30-13-5-2-6-14-30;28-25(23-16-9-19-26-20-23)27-24(17-7-14-21-10-3-1-4-11-21)18-8-15-22-12-5-2-6-13-22;15-13(17-8-11-7-16-11)10-3-4-12-9(6-10)2-1-5-14-12/h1-6,9,11-14,17,21-23,25,33-35,42H,7-8,10,15-16,18-20,24,26-28H2,(H,40,43);1-6,10-13,23-24,26H,7-9,14-20H2,(H,27,28);1-6,11H,7-8H2. The van der Waals surface area contributed by atoms with Crippen LogP contribution in [0.25, 0.3) is 21.8 Å². The summed E-state index contributed by atoms with van der Waals surface area (Å²) in [7, 11) is 0. The second kappa shape index (κ2) is 36.5. The van der Waals surface area contributed by atoms with Crippen molar-refractivity contribution in [2.75, 3.05) is 52.5 Å². The van der Waals surface area contributed by atoms with Gasteiger partial charge in [-0.25, -0.2) is 9.59 Å². The SMILES string of the molecule is O=C(NC(CCCc1ccccc1)CCCc1ccccc1)C1CCCNC1.O=C(OCC(O)CN1CCCC(C(=O)NC(CCCc2ccccc2)CCCc2ccccc2)C1)c1ccc2ncccc2c1.O=C(OCC1CO1)c1ccc2ncccc2c1. The maximum absolute atomic E-state index is 13.5. The Labute approximate surface area is 531 Å². The van der Waals surface area contributed by atoms with Gasteiger partial charge in [0, 0.05) is 54.9 Å². The number of hydrogen-bond donors (Lipinski definition) is 4. The zero-order chi connectivity index (χ0) is 62.4. The highest BCUT2D eigenvalue weighted by atomic mass is 16.6. The summed E-state index contributed by atoms with van der Waals surface area (Å²) >= 11 is 0. The Kier molecular flexibility index (Phi) is 26.9. The third-order valence-corrected chi connectivity index (χ3v) is 17.0. The van der Waals surface area contributed by atoms with Crippen LogP contribution in [0.1, 0.15) is 120 Å². The van der Waals surface area contributed by atoms with Crippen molar-refractivity contribution >= 4 is 45.6 Å². The van der Waals surface area contributed by atoms with Gasteiger partial charge in [0.15, 0.2) is 0 Å². The van der Waals surface area contributed by atoms with E-state index in [2.05, 4.69) is 140 Å². The summed E-state index contributed by atoms with van der Waals surface area (Å²) in [4.78, 5) is 61.2. The molecule has 5 heterocycles. The molecule has 3 fully saturated rings. The molecule has 4 N–H and O–H groups in total. The molecule has 3 saturated heterocycles. The van der Waals surface area contributed by atoms with Gasteiger partial charge in [-0.15, -0.1) is 0 Å². The van der Waals surface area contributed by atoms with E-state index in [-0.39, 0.29) is 54.4 Å². The molecule has 4 unspecified atom stereocenters. The number of fused-ring (bicyclic) bond motifs is 2. The summed E-state index contributed by atoms with van der Waals surface area (Å²) in [5.74, 6) is -0.412. The van der Waals surface area contributed by atoms with Gasteiger partial charge in [0.1, 0.15) is 25.4 Å². The number of hydrogen-bond acceptors (Lipinski definition) is 12. The quantitative estimate of drug-likeness (QED) is 0.0269. The van der Waals surface area contributed by atoms with Crippen LogP contribution in [0, 0.1) is 11.8 Å². The normalized spacial score (nSPS) is 16.6. The van der Waals surface area contributed by atoms with Crippen LogP contribution in [0.2, 0.25) is 0 Å². The first-order valence-electron chi connectivity index (χ1n) is 32.7. The molecule has 14 nitrogen and oxygen atoms in total. The highest BCUT2D eigenvalue weighted by Gasteiger charge is 2.29. The number of esters is 2. The number of benzene rings is 6. The molecule has 3 aliphatic rings. The van der Waals surface area contributed by atoms with Gasteiger partial charge < -0.3 is 35.3 Å². The minimum absolute atomic E-state index is 0.0951. The van der Waals surface area contributed by atoms with E-state index in [1.807, 2.05) is 42.5 Å². The van der Waals surface area contributed by atoms with Crippen molar-refractivity contribution in [2.45, 2.75) is 127 Å². The molecule has 14 heteroatoms. The summed E-state index contributed by atoms with van der Waals surface area (Å²) in [5, 5.41) is 22.6. The van der Waals surface area contributed by atoms with E-state index in [1.165, 1.54) is 22.3 Å². The average molecular weight is 1220 g/mol. The topological polar surface area (TPSA) is 185 Å². The van der Waals surface area contributed by atoms with Crippen molar-refractivity contribution in [3.8, 4) is 0 Å². The number of aromatic nitrogens is 2. The lowest BCUT2D eigenvalue weighted by atomic mass is 9.94. The number of ether oxygens (including phenoxy) is 3. The third kappa shape index (κ3) is 23.0. The molecule has 90 heavy (non-hydrogen) atoms. The van der Waals surface area contributed by atoms with Crippen LogP contribution in [0.4, 0.5) is 0 Å². The molecular weight excluding hydrogens is 1120 g/mol. The number of carbonyl (C=O) groups excluding carboxylic acids is 4. The van der Waals surface area contributed by atoms with Gasteiger partial charge in [-0.2, -0.15) is 0 Å². The Bertz CT molecular complexity index is 3330. The number of nitrogens with zero attached hydrogens (tertiary/aromatic N) is 3. The molecule has 8 aromatic rings. The number of piperidine rings is 2. The molecule has 0 aliphatic carbocycles. The number of epoxide rings is 1. The van der Waals surface area contributed by atoms with Crippen molar-refractivity contribution < 1.29 is 38.5 Å². The molecule has 2 amide bonds. The van der Waals surface area contributed by atoms with E-state index in [4.69, 9.17) is 14.2 Å². The number of amides is 2. The number of aryl methyl sites for hydroxylation is 4. The predicted molar refractivity (Wildman–Crippen MR) is 356 cm³/mol. The maximum atomic E-state index is 13.5. The number of aliphatic hydroxyl groups is 1. The second-order valence-corrected chi connectivity index (χ2v) is 24.2. The first-order chi connectivity index (χ1) is 44.2. The molecule has 0 saturated carbocycles. The Balaban J connectivity index is 0.000000180. The van der Waals surface area contributed by atoms with Gasteiger partial charge in [-0.3, -0.25) is 24.5 Å². The average Bonchev–Trinajstić information content (AvgIpc) is 3.14. The van der Waals surface area contributed by atoms with Gasteiger partial charge in [0.2, 0.25) is 11.8 Å². The van der Waals surface area contributed by atoms with Crippen molar-refractivity contribution in [3.63, 3.8) is 0 Å². The van der Waals surface area contributed by atoms with E-state index in [0.717, 1.165) is 144 Å². The highest BCUT2D eigenvalue weighted by Crippen LogP contribution is 2.22. The van der Waals surface area contributed by atoms with Crippen LogP contribution in [0.15, 0.2) is 194 Å². The first-order valence-corrected chi connectivity index (χ1v) is 32.7. The zero-order valence-electron chi connectivity index (χ0n) is 52.1. The van der Waals surface area contributed by atoms with E-state index in [9.17, 15) is 24.3 Å².